The van der Waals surface area contributed by atoms with Crippen molar-refractivity contribution in [3.05, 3.63) is 25.2 Å². The van der Waals surface area contributed by atoms with Gasteiger partial charge in [-0.05, 0) is 12.6 Å². The molecule has 38 heavy (non-hydrogen) atoms. The molecule has 0 unspecified atom stereocenters. The molecular formula is C31H57F3N2O2. The van der Waals surface area contributed by atoms with Crippen LogP contribution in [0.15, 0.2) is 25.2 Å². The van der Waals surface area contributed by atoms with Crippen molar-refractivity contribution in [1.29, 1.82) is 0 Å². The normalized spacial score (nSPS) is 13.1. The zero-order valence-corrected chi connectivity index (χ0v) is 24.3. The van der Waals surface area contributed by atoms with E-state index in [1.807, 2.05) is 6.20 Å². The van der Waals surface area contributed by atoms with Crippen LogP contribution in [-0.2, 0) is 4.79 Å². The number of carboxylic acids is 1. The van der Waals surface area contributed by atoms with Crippen molar-refractivity contribution >= 4 is 5.97 Å². The van der Waals surface area contributed by atoms with Crippen LogP contribution >= 0.6 is 0 Å². The van der Waals surface area contributed by atoms with E-state index in [2.05, 4.69) is 35.7 Å². The molecule has 7 heteroatoms. The van der Waals surface area contributed by atoms with Gasteiger partial charge in [-0.3, -0.25) is 0 Å². The van der Waals surface area contributed by atoms with E-state index in [9.17, 15) is 13.2 Å². The van der Waals surface area contributed by atoms with E-state index >= 15 is 0 Å². The van der Waals surface area contributed by atoms with Crippen LogP contribution < -0.4 is 0 Å². The Balaban J connectivity index is 0.00000171. The summed E-state index contributed by atoms with van der Waals surface area (Å²) in [5.74, 6) is -2.76. The molecule has 0 saturated carbocycles. The summed E-state index contributed by atoms with van der Waals surface area (Å²) in [4.78, 5) is 13.4. The first-order valence-electron chi connectivity index (χ1n) is 15.4. The molecule has 1 rings (SSSR count). The van der Waals surface area contributed by atoms with Crippen LogP contribution in [-0.4, -0.2) is 40.3 Å². The molecule has 0 aromatic carbocycles. The second-order valence-electron chi connectivity index (χ2n) is 10.7. The Hall–Kier alpha value is -1.66. The zero-order valence-electron chi connectivity index (χ0n) is 24.3. The summed E-state index contributed by atoms with van der Waals surface area (Å²) >= 11 is 0. The number of halogens is 3. The summed E-state index contributed by atoms with van der Waals surface area (Å²) in [5.41, 5.74) is 0. The number of rotatable bonds is 24. The van der Waals surface area contributed by atoms with Crippen molar-refractivity contribution in [2.75, 3.05) is 13.2 Å². The number of nitrogens with zero attached hydrogens (tertiary/aromatic N) is 2. The van der Waals surface area contributed by atoms with Gasteiger partial charge in [0.2, 0.25) is 0 Å². The second-order valence-corrected chi connectivity index (χ2v) is 10.7. The van der Waals surface area contributed by atoms with Gasteiger partial charge in [-0.2, -0.15) is 13.2 Å². The predicted octanol–water partition coefficient (Wildman–Crippen LogP) is 10.4. The summed E-state index contributed by atoms with van der Waals surface area (Å²) in [6.45, 7) is 8.30. The minimum atomic E-state index is -5.08. The molecule has 0 atom stereocenters. The molecule has 0 saturated heterocycles. The van der Waals surface area contributed by atoms with Gasteiger partial charge in [0.15, 0.2) is 0 Å². The van der Waals surface area contributed by atoms with Crippen molar-refractivity contribution < 1.29 is 23.1 Å². The van der Waals surface area contributed by atoms with Gasteiger partial charge in [0.25, 0.3) is 0 Å². The molecule has 1 aliphatic heterocycles. The predicted molar refractivity (Wildman–Crippen MR) is 154 cm³/mol. The van der Waals surface area contributed by atoms with Gasteiger partial charge >= 0.3 is 12.1 Å². The highest BCUT2D eigenvalue weighted by molar-refractivity contribution is 5.73. The molecule has 0 radical (unpaired) electrons. The Bertz CT molecular complexity index is 582. The Labute approximate surface area is 231 Å². The highest BCUT2D eigenvalue weighted by atomic mass is 19.4. The van der Waals surface area contributed by atoms with E-state index in [-0.39, 0.29) is 0 Å². The third-order valence-electron chi connectivity index (χ3n) is 7.09. The summed E-state index contributed by atoms with van der Waals surface area (Å²) in [7, 11) is 0. The van der Waals surface area contributed by atoms with Crippen molar-refractivity contribution in [3.63, 3.8) is 0 Å². The van der Waals surface area contributed by atoms with E-state index in [1.165, 1.54) is 148 Å². The fraction of sp³-hybridized carbons (Fsp3) is 0.839. The summed E-state index contributed by atoms with van der Waals surface area (Å²) in [5, 5.41) is 7.12. The summed E-state index contributed by atoms with van der Waals surface area (Å²) in [6, 6.07) is 0. The van der Waals surface area contributed by atoms with E-state index in [4.69, 9.17) is 9.90 Å². The van der Waals surface area contributed by atoms with Gasteiger partial charge in [0.05, 0.1) is 6.67 Å². The minimum absolute atomic E-state index is 0.989. The van der Waals surface area contributed by atoms with Gasteiger partial charge in [0.1, 0.15) is 0 Å². The molecule has 0 amide bonds. The van der Waals surface area contributed by atoms with Crippen LogP contribution in [0.4, 0.5) is 13.2 Å². The largest absolute Gasteiger partial charge is 0.490 e. The number of aliphatic carboxylic acids is 1. The number of hydrogen-bond donors (Lipinski definition) is 1. The van der Waals surface area contributed by atoms with Crippen LogP contribution in [0, 0.1) is 0 Å². The first kappa shape index (κ1) is 36.3. The van der Waals surface area contributed by atoms with Crippen molar-refractivity contribution in [3.8, 4) is 0 Å². The molecule has 0 bridgehead atoms. The van der Waals surface area contributed by atoms with Crippen LogP contribution in [0.2, 0.25) is 0 Å². The smallest absolute Gasteiger partial charge is 0.475 e. The lowest BCUT2D eigenvalue weighted by Gasteiger charge is -2.18. The molecule has 1 aliphatic rings. The minimum Gasteiger partial charge on any atom is -0.475 e. The summed E-state index contributed by atoms with van der Waals surface area (Å²) < 4.78 is 31.7. The molecular weight excluding hydrogens is 489 g/mol. The average molecular weight is 547 g/mol. The zero-order chi connectivity index (χ0) is 28.3. The SMILES string of the molecule is C=CN1C=CN(CCCCCCCCCCCCCCCCCCCCCCCC)C1.O=C(O)C(F)(F)F. The quantitative estimate of drug-likeness (QED) is 0.122. The van der Waals surface area contributed by atoms with E-state index < -0.39 is 12.1 Å². The Morgan fingerprint density at radius 3 is 1.29 bits per heavy atom. The number of hydrogen-bond acceptors (Lipinski definition) is 3. The maximum Gasteiger partial charge on any atom is 0.490 e. The van der Waals surface area contributed by atoms with Crippen molar-refractivity contribution in [2.24, 2.45) is 0 Å². The first-order valence-corrected chi connectivity index (χ1v) is 15.4. The average Bonchev–Trinajstić information content (AvgIpc) is 3.35. The lowest BCUT2D eigenvalue weighted by atomic mass is 10.0. The van der Waals surface area contributed by atoms with Gasteiger partial charge < -0.3 is 14.9 Å². The Morgan fingerprint density at radius 1 is 0.711 bits per heavy atom. The van der Waals surface area contributed by atoms with E-state index in [1.54, 1.807) is 0 Å². The molecule has 0 spiro atoms. The Kier molecular flexibility index (Phi) is 24.5. The third kappa shape index (κ3) is 24.7. The molecule has 224 valence electrons. The van der Waals surface area contributed by atoms with Crippen molar-refractivity contribution in [1.82, 2.24) is 9.80 Å². The molecule has 1 heterocycles. The van der Waals surface area contributed by atoms with Gasteiger partial charge in [-0.25, -0.2) is 4.79 Å². The summed E-state index contributed by atoms with van der Waals surface area (Å²) in [6.07, 6.45) is 33.1. The van der Waals surface area contributed by atoms with Crippen molar-refractivity contribution in [2.45, 2.75) is 154 Å². The number of alkyl halides is 3. The maximum atomic E-state index is 10.6. The Morgan fingerprint density at radius 2 is 1.03 bits per heavy atom. The standard InChI is InChI=1S/C29H56N2.C2HF3O2/c1-3-5-6-7-8-9-10-11-12-13-14-15-16-17-18-19-20-21-22-23-24-25-26-31-28-27-30(4-2)29-31;3-2(4,5)1(6)7/h4,27-28H,2-3,5-26,29H2,1H3;(H,6,7). The fourth-order valence-corrected chi connectivity index (χ4v) is 4.67. The number of carboxylic acid groups (broad SMARTS) is 1. The lowest BCUT2D eigenvalue weighted by Crippen LogP contribution is -2.22. The van der Waals surface area contributed by atoms with E-state index in [0.717, 1.165) is 6.67 Å². The molecule has 0 aromatic heterocycles. The molecule has 0 fully saturated rings. The van der Waals surface area contributed by atoms with Gasteiger partial charge in [-0.1, -0.05) is 148 Å². The second kappa shape index (κ2) is 25.6. The topological polar surface area (TPSA) is 43.8 Å². The van der Waals surface area contributed by atoms with Gasteiger partial charge in [0, 0.05) is 18.9 Å². The number of unbranched alkanes of at least 4 members (excludes halogenated alkanes) is 21. The monoisotopic (exact) mass is 546 g/mol. The fourth-order valence-electron chi connectivity index (χ4n) is 4.67. The first-order chi connectivity index (χ1) is 18.3. The highest BCUT2D eigenvalue weighted by Crippen LogP contribution is 2.16. The van der Waals surface area contributed by atoms with E-state index in [0.29, 0.717) is 0 Å². The maximum absolute atomic E-state index is 10.6. The van der Waals surface area contributed by atoms with Crippen LogP contribution in [0.1, 0.15) is 148 Å². The third-order valence-corrected chi connectivity index (χ3v) is 7.09. The van der Waals surface area contributed by atoms with Crippen LogP contribution in [0.25, 0.3) is 0 Å². The van der Waals surface area contributed by atoms with Crippen LogP contribution in [0.5, 0.6) is 0 Å². The molecule has 4 nitrogen and oxygen atoms in total. The van der Waals surface area contributed by atoms with Gasteiger partial charge in [-0.15, -0.1) is 0 Å². The molecule has 1 N–H and O–H groups in total. The lowest BCUT2D eigenvalue weighted by molar-refractivity contribution is -0.192. The molecule has 0 aromatic rings. The molecule has 0 aliphatic carbocycles. The highest BCUT2D eigenvalue weighted by Gasteiger charge is 2.38. The van der Waals surface area contributed by atoms with Crippen LogP contribution in [0.3, 0.4) is 0 Å². The number of carbonyl (C=O) groups is 1.